The third-order valence-electron chi connectivity index (χ3n) is 3.13. The standard InChI is InChI=1S/C17H19BrFNO/c1-11(2)21-14-6-4-5-12(9-14)17(20-3)15-8-7-13(18)10-16(15)19/h4-11,17,20H,1-3H3. The van der Waals surface area contributed by atoms with Crippen molar-refractivity contribution in [3.63, 3.8) is 0 Å². The maximum absolute atomic E-state index is 14.2. The summed E-state index contributed by atoms with van der Waals surface area (Å²) in [6, 6.07) is 12.6. The van der Waals surface area contributed by atoms with Crippen LogP contribution in [-0.2, 0) is 0 Å². The monoisotopic (exact) mass is 351 g/mol. The van der Waals surface area contributed by atoms with E-state index in [1.807, 2.05) is 51.2 Å². The van der Waals surface area contributed by atoms with Gasteiger partial charge in [0.05, 0.1) is 12.1 Å². The number of hydrogen-bond donors (Lipinski definition) is 1. The molecule has 1 unspecified atom stereocenters. The van der Waals surface area contributed by atoms with Crippen LogP contribution in [0.25, 0.3) is 0 Å². The van der Waals surface area contributed by atoms with Crippen LogP contribution >= 0.6 is 15.9 Å². The Bertz CT molecular complexity index is 615. The second-order valence-corrected chi connectivity index (χ2v) is 6.04. The average Bonchev–Trinajstić information content (AvgIpc) is 2.41. The average molecular weight is 352 g/mol. The van der Waals surface area contributed by atoms with E-state index in [1.54, 1.807) is 6.07 Å². The molecule has 4 heteroatoms. The first-order chi connectivity index (χ1) is 10.0. The van der Waals surface area contributed by atoms with Gasteiger partial charge in [0.2, 0.25) is 0 Å². The highest BCUT2D eigenvalue weighted by Crippen LogP contribution is 2.28. The SMILES string of the molecule is CNC(c1cccc(OC(C)C)c1)c1ccc(Br)cc1F. The molecular formula is C17H19BrFNO. The predicted molar refractivity (Wildman–Crippen MR) is 87.2 cm³/mol. The minimum absolute atomic E-state index is 0.109. The Hall–Kier alpha value is -1.39. The van der Waals surface area contributed by atoms with Crippen LogP contribution in [0.2, 0.25) is 0 Å². The largest absolute Gasteiger partial charge is 0.491 e. The number of halogens is 2. The van der Waals surface area contributed by atoms with Crippen LogP contribution in [0, 0.1) is 5.82 Å². The molecule has 2 rings (SSSR count). The molecule has 2 nitrogen and oxygen atoms in total. The Morgan fingerprint density at radius 2 is 1.90 bits per heavy atom. The van der Waals surface area contributed by atoms with Gasteiger partial charge >= 0.3 is 0 Å². The summed E-state index contributed by atoms with van der Waals surface area (Å²) in [6.45, 7) is 3.97. The van der Waals surface area contributed by atoms with Crippen molar-refractivity contribution >= 4 is 15.9 Å². The fourth-order valence-corrected chi connectivity index (χ4v) is 2.61. The summed E-state index contributed by atoms with van der Waals surface area (Å²) in [5.41, 5.74) is 1.58. The molecule has 0 aliphatic rings. The zero-order valence-electron chi connectivity index (χ0n) is 12.4. The Morgan fingerprint density at radius 1 is 1.14 bits per heavy atom. The predicted octanol–water partition coefficient (Wildman–Crippen LogP) is 4.68. The van der Waals surface area contributed by atoms with Gasteiger partial charge in [-0.15, -0.1) is 0 Å². The molecule has 0 radical (unpaired) electrons. The normalized spacial score (nSPS) is 12.5. The van der Waals surface area contributed by atoms with Gasteiger partial charge in [-0.25, -0.2) is 4.39 Å². The fourth-order valence-electron chi connectivity index (χ4n) is 2.28. The Balaban J connectivity index is 2.37. The van der Waals surface area contributed by atoms with Gasteiger partial charge in [0.15, 0.2) is 0 Å². The summed E-state index contributed by atoms with van der Waals surface area (Å²) in [4.78, 5) is 0. The summed E-state index contributed by atoms with van der Waals surface area (Å²) in [5.74, 6) is 0.555. The topological polar surface area (TPSA) is 21.3 Å². The molecule has 0 heterocycles. The van der Waals surface area contributed by atoms with Crippen LogP contribution in [0.1, 0.15) is 31.0 Å². The number of rotatable bonds is 5. The minimum atomic E-state index is -0.237. The molecule has 0 bridgehead atoms. The van der Waals surface area contributed by atoms with Gasteiger partial charge in [-0.2, -0.15) is 0 Å². The highest BCUT2D eigenvalue weighted by Gasteiger charge is 2.17. The number of ether oxygens (including phenoxy) is 1. The van der Waals surface area contributed by atoms with Crippen molar-refractivity contribution in [2.45, 2.75) is 26.0 Å². The van der Waals surface area contributed by atoms with Crippen molar-refractivity contribution < 1.29 is 9.13 Å². The van der Waals surface area contributed by atoms with Crippen molar-refractivity contribution in [2.75, 3.05) is 7.05 Å². The van der Waals surface area contributed by atoms with E-state index in [2.05, 4.69) is 21.2 Å². The van der Waals surface area contributed by atoms with Crippen LogP contribution < -0.4 is 10.1 Å². The van der Waals surface area contributed by atoms with Gasteiger partial charge in [-0.05, 0) is 50.7 Å². The fraction of sp³-hybridized carbons (Fsp3) is 0.294. The lowest BCUT2D eigenvalue weighted by Gasteiger charge is -2.19. The lowest BCUT2D eigenvalue weighted by molar-refractivity contribution is 0.242. The molecule has 0 amide bonds. The third kappa shape index (κ3) is 4.05. The van der Waals surface area contributed by atoms with Gasteiger partial charge in [0, 0.05) is 10.0 Å². The molecule has 2 aromatic rings. The maximum Gasteiger partial charge on any atom is 0.129 e. The molecule has 1 atom stereocenters. The van der Waals surface area contributed by atoms with Gasteiger partial charge in [-0.1, -0.05) is 34.1 Å². The zero-order valence-corrected chi connectivity index (χ0v) is 13.9. The second-order valence-electron chi connectivity index (χ2n) is 5.13. The Kier molecular flexibility index (Phi) is 5.37. The van der Waals surface area contributed by atoms with Crippen LogP contribution in [-0.4, -0.2) is 13.2 Å². The first-order valence-electron chi connectivity index (χ1n) is 6.90. The van der Waals surface area contributed by atoms with E-state index in [4.69, 9.17) is 4.74 Å². The zero-order chi connectivity index (χ0) is 15.4. The van der Waals surface area contributed by atoms with E-state index in [1.165, 1.54) is 6.07 Å². The summed E-state index contributed by atoms with van der Waals surface area (Å²) in [5, 5.41) is 3.16. The summed E-state index contributed by atoms with van der Waals surface area (Å²) in [7, 11) is 1.82. The second kappa shape index (κ2) is 7.05. The van der Waals surface area contributed by atoms with Crippen molar-refractivity contribution in [1.82, 2.24) is 5.32 Å². The molecule has 112 valence electrons. The summed E-state index contributed by atoms with van der Waals surface area (Å²) < 4.78 is 20.6. The van der Waals surface area contributed by atoms with E-state index in [0.29, 0.717) is 5.56 Å². The molecule has 0 spiro atoms. The van der Waals surface area contributed by atoms with Gasteiger partial charge in [0.25, 0.3) is 0 Å². The highest BCUT2D eigenvalue weighted by atomic mass is 79.9. The van der Waals surface area contributed by atoms with Crippen LogP contribution in [0.3, 0.4) is 0 Å². The van der Waals surface area contributed by atoms with Gasteiger partial charge in [-0.3, -0.25) is 0 Å². The first-order valence-corrected chi connectivity index (χ1v) is 7.69. The molecule has 2 aromatic carbocycles. The van der Waals surface area contributed by atoms with Crippen LogP contribution in [0.15, 0.2) is 46.9 Å². The molecule has 1 N–H and O–H groups in total. The minimum Gasteiger partial charge on any atom is -0.491 e. The van der Waals surface area contributed by atoms with Gasteiger partial charge < -0.3 is 10.1 Å². The number of nitrogens with one attached hydrogen (secondary N) is 1. The summed E-state index contributed by atoms with van der Waals surface area (Å²) >= 11 is 3.28. The molecule has 0 aliphatic heterocycles. The van der Waals surface area contributed by atoms with Crippen molar-refractivity contribution in [2.24, 2.45) is 0 Å². The highest BCUT2D eigenvalue weighted by molar-refractivity contribution is 9.10. The third-order valence-corrected chi connectivity index (χ3v) is 3.62. The molecule has 0 saturated heterocycles. The first kappa shape index (κ1) is 16.0. The maximum atomic E-state index is 14.2. The lowest BCUT2D eigenvalue weighted by Crippen LogP contribution is -2.19. The molecule has 21 heavy (non-hydrogen) atoms. The lowest BCUT2D eigenvalue weighted by atomic mass is 9.98. The number of hydrogen-bond acceptors (Lipinski definition) is 2. The van der Waals surface area contributed by atoms with E-state index < -0.39 is 0 Å². The quantitative estimate of drug-likeness (QED) is 0.843. The molecule has 0 saturated carbocycles. The van der Waals surface area contributed by atoms with Gasteiger partial charge in [0.1, 0.15) is 11.6 Å². The van der Waals surface area contributed by atoms with E-state index in [9.17, 15) is 4.39 Å². The smallest absolute Gasteiger partial charge is 0.129 e. The van der Waals surface area contributed by atoms with E-state index in [-0.39, 0.29) is 18.0 Å². The van der Waals surface area contributed by atoms with E-state index in [0.717, 1.165) is 15.8 Å². The molecule has 0 aliphatic carbocycles. The van der Waals surface area contributed by atoms with E-state index >= 15 is 0 Å². The molecular weight excluding hydrogens is 333 g/mol. The van der Waals surface area contributed by atoms with Crippen LogP contribution in [0.4, 0.5) is 4.39 Å². The van der Waals surface area contributed by atoms with Crippen molar-refractivity contribution in [3.05, 3.63) is 63.9 Å². The number of benzene rings is 2. The Morgan fingerprint density at radius 3 is 2.52 bits per heavy atom. The molecule has 0 fully saturated rings. The van der Waals surface area contributed by atoms with Crippen molar-refractivity contribution in [3.8, 4) is 5.75 Å². The van der Waals surface area contributed by atoms with Crippen LogP contribution in [0.5, 0.6) is 5.75 Å². The van der Waals surface area contributed by atoms with Crippen molar-refractivity contribution in [1.29, 1.82) is 0 Å². The summed E-state index contributed by atoms with van der Waals surface area (Å²) in [6.07, 6.45) is 0.109. The Labute approximate surface area is 133 Å². The molecule has 0 aromatic heterocycles.